The van der Waals surface area contributed by atoms with Gasteiger partial charge >= 0.3 is 0 Å². The third-order valence-corrected chi connectivity index (χ3v) is 5.03. The van der Waals surface area contributed by atoms with E-state index in [2.05, 4.69) is 25.8 Å². The molecule has 0 unspecified atom stereocenters. The Balaban J connectivity index is 1.95. The van der Waals surface area contributed by atoms with Gasteiger partial charge in [0, 0.05) is 41.9 Å². The second kappa shape index (κ2) is 6.81. The number of hydrogen-bond donors (Lipinski definition) is 1. The third-order valence-electron chi connectivity index (χ3n) is 4.35. The summed E-state index contributed by atoms with van der Waals surface area (Å²) in [7, 11) is 0. The van der Waals surface area contributed by atoms with Gasteiger partial charge in [0.05, 0.1) is 11.3 Å². The van der Waals surface area contributed by atoms with Crippen LogP contribution in [0.1, 0.15) is 28.2 Å². The first-order valence-electron chi connectivity index (χ1n) is 7.99. The maximum atomic E-state index is 12.9. The SMILES string of the molecule is Cc1cc(C(=O)N2CCNC(=O)CC2)c(C)n1-c1ccccc1Br. The summed E-state index contributed by atoms with van der Waals surface area (Å²) in [4.78, 5) is 26.2. The van der Waals surface area contributed by atoms with Crippen LogP contribution in [0.4, 0.5) is 0 Å². The molecule has 1 aromatic heterocycles. The van der Waals surface area contributed by atoms with Crippen molar-refractivity contribution in [3.63, 3.8) is 0 Å². The van der Waals surface area contributed by atoms with Crippen LogP contribution in [0.5, 0.6) is 0 Å². The van der Waals surface area contributed by atoms with Crippen LogP contribution in [0.3, 0.4) is 0 Å². The van der Waals surface area contributed by atoms with Crippen LogP contribution < -0.4 is 5.32 Å². The van der Waals surface area contributed by atoms with Gasteiger partial charge in [-0.15, -0.1) is 0 Å². The lowest BCUT2D eigenvalue weighted by Gasteiger charge is -2.19. The van der Waals surface area contributed by atoms with E-state index in [1.807, 2.05) is 44.2 Å². The molecule has 0 aliphatic carbocycles. The van der Waals surface area contributed by atoms with Crippen molar-refractivity contribution in [3.8, 4) is 5.69 Å². The molecule has 0 bridgehead atoms. The number of nitrogens with one attached hydrogen (secondary N) is 1. The predicted octanol–water partition coefficient (Wildman–Crippen LogP) is 2.82. The molecule has 1 aliphatic rings. The Kier molecular flexibility index (Phi) is 4.76. The van der Waals surface area contributed by atoms with Crippen molar-refractivity contribution in [3.05, 3.63) is 51.8 Å². The first-order chi connectivity index (χ1) is 11.5. The molecule has 0 atom stereocenters. The summed E-state index contributed by atoms with van der Waals surface area (Å²) in [5.41, 5.74) is 3.62. The van der Waals surface area contributed by atoms with Crippen molar-refractivity contribution in [2.45, 2.75) is 20.3 Å². The Morgan fingerprint density at radius 2 is 1.96 bits per heavy atom. The second-order valence-corrected chi connectivity index (χ2v) is 6.82. The molecule has 2 amide bonds. The van der Waals surface area contributed by atoms with Crippen molar-refractivity contribution >= 4 is 27.7 Å². The van der Waals surface area contributed by atoms with Gasteiger partial charge in [0.2, 0.25) is 5.91 Å². The number of nitrogens with zero attached hydrogens (tertiary/aromatic N) is 2. The van der Waals surface area contributed by atoms with Gasteiger partial charge in [-0.3, -0.25) is 9.59 Å². The molecule has 6 heteroatoms. The maximum absolute atomic E-state index is 12.9. The number of benzene rings is 1. The molecule has 0 spiro atoms. The standard InChI is InChI=1S/C18H20BrN3O2/c1-12-11-14(18(24)21-9-7-17(23)20-8-10-21)13(2)22(12)16-6-4-3-5-15(16)19/h3-6,11H,7-10H2,1-2H3,(H,20,23). The first-order valence-corrected chi connectivity index (χ1v) is 8.78. The van der Waals surface area contributed by atoms with Crippen LogP contribution in [0.2, 0.25) is 0 Å². The van der Waals surface area contributed by atoms with E-state index in [0.29, 0.717) is 31.6 Å². The summed E-state index contributed by atoms with van der Waals surface area (Å²) in [5.74, 6) is -0.0121. The Bertz CT molecular complexity index is 798. The zero-order chi connectivity index (χ0) is 17.3. The van der Waals surface area contributed by atoms with E-state index in [0.717, 1.165) is 21.5 Å². The number of aryl methyl sites for hydroxylation is 1. The van der Waals surface area contributed by atoms with Crippen molar-refractivity contribution in [1.82, 2.24) is 14.8 Å². The van der Waals surface area contributed by atoms with E-state index in [1.54, 1.807) is 4.90 Å². The zero-order valence-corrected chi connectivity index (χ0v) is 15.4. The first kappa shape index (κ1) is 16.8. The molecule has 2 aromatic rings. The maximum Gasteiger partial charge on any atom is 0.255 e. The number of carbonyl (C=O) groups is 2. The van der Waals surface area contributed by atoms with Crippen molar-refractivity contribution in [2.24, 2.45) is 0 Å². The highest BCUT2D eigenvalue weighted by Crippen LogP contribution is 2.27. The average Bonchev–Trinajstić information content (AvgIpc) is 2.72. The molecule has 24 heavy (non-hydrogen) atoms. The van der Waals surface area contributed by atoms with Gasteiger partial charge in [-0.25, -0.2) is 0 Å². The highest BCUT2D eigenvalue weighted by Gasteiger charge is 2.24. The molecule has 0 saturated carbocycles. The zero-order valence-electron chi connectivity index (χ0n) is 13.8. The molecule has 0 radical (unpaired) electrons. The number of halogens is 1. The van der Waals surface area contributed by atoms with E-state index >= 15 is 0 Å². The van der Waals surface area contributed by atoms with Gasteiger partial charge in [-0.1, -0.05) is 12.1 Å². The summed E-state index contributed by atoms with van der Waals surface area (Å²) in [6.45, 7) is 5.47. The van der Waals surface area contributed by atoms with Crippen LogP contribution in [0.25, 0.3) is 5.69 Å². The number of para-hydroxylation sites is 1. The third kappa shape index (κ3) is 3.11. The number of rotatable bonds is 2. The fourth-order valence-electron chi connectivity index (χ4n) is 3.12. The second-order valence-electron chi connectivity index (χ2n) is 5.96. The lowest BCUT2D eigenvalue weighted by Crippen LogP contribution is -2.34. The summed E-state index contributed by atoms with van der Waals surface area (Å²) in [6.07, 6.45) is 0.356. The van der Waals surface area contributed by atoms with Crippen molar-refractivity contribution in [1.29, 1.82) is 0 Å². The van der Waals surface area contributed by atoms with Crippen LogP contribution in [0, 0.1) is 13.8 Å². The number of hydrogen-bond acceptors (Lipinski definition) is 2. The molecular formula is C18H20BrN3O2. The highest BCUT2D eigenvalue weighted by atomic mass is 79.9. The monoisotopic (exact) mass is 389 g/mol. The molecule has 2 heterocycles. The summed E-state index contributed by atoms with van der Waals surface area (Å²) in [5, 5.41) is 2.80. The normalized spacial score (nSPS) is 15.1. The van der Waals surface area contributed by atoms with Crippen LogP contribution in [-0.2, 0) is 4.79 Å². The van der Waals surface area contributed by atoms with Crippen molar-refractivity contribution in [2.75, 3.05) is 19.6 Å². The van der Waals surface area contributed by atoms with Crippen LogP contribution in [0.15, 0.2) is 34.8 Å². The summed E-state index contributed by atoms with van der Waals surface area (Å²) < 4.78 is 3.06. The minimum absolute atomic E-state index is 0.00369. The molecule has 1 N–H and O–H groups in total. The minimum atomic E-state index is -0.0158. The number of aromatic nitrogens is 1. The fourth-order valence-corrected chi connectivity index (χ4v) is 3.59. The lowest BCUT2D eigenvalue weighted by atomic mass is 10.2. The molecule has 1 aromatic carbocycles. The largest absolute Gasteiger partial charge is 0.354 e. The van der Waals surface area contributed by atoms with Gasteiger partial charge in [-0.2, -0.15) is 0 Å². The van der Waals surface area contributed by atoms with Crippen LogP contribution in [-0.4, -0.2) is 40.9 Å². The van der Waals surface area contributed by atoms with E-state index in [4.69, 9.17) is 0 Å². The Labute approximate surface area is 149 Å². The van der Waals surface area contributed by atoms with E-state index in [-0.39, 0.29) is 11.8 Å². The number of amides is 2. The van der Waals surface area contributed by atoms with E-state index < -0.39 is 0 Å². The van der Waals surface area contributed by atoms with Gasteiger partial charge < -0.3 is 14.8 Å². The topological polar surface area (TPSA) is 54.3 Å². The molecule has 1 saturated heterocycles. The molecule has 1 aliphatic heterocycles. The van der Waals surface area contributed by atoms with Gasteiger partial charge in [0.1, 0.15) is 0 Å². The fraction of sp³-hybridized carbons (Fsp3) is 0.333. The van der Waals surface area contributed by atoms with E-state index in [1.165, 1.54) is 0 Å². The van der Waals surface area contributed by atoms with Crippen molar-refractivity contribution < 1.29 is 9.59 Å². The quantitative estimate of drug-likeness (QED) is 0.858. The summed E-state index contributed by atoms with van der Waals surface area (Å²) >= 11 is 3.58. The molecular weight excluding hydrogens is 370 g/mol. The van der Waals surface area contributed by atoms with Crippen LogP contribution >= 0.6 is 15.9 Å². The molecule has 5 nitrogen and oxygen atoms in total. The smallest absolute Gasteiger partial charge is 0.255 e. The Hall–Kier alpha value is -2.08. The number of carbonyl (C=O) groups excluding carboxylic acids is 2. The van der Waals surface area contributed by atoms with Gasteiger partial charge in [0.25, 0.3) is 5.91 Å². The summed E-state index contributed by atoms with van der Waals surface area (Å²) in [6, 6.07) is 9.88. The highest BCUT2D eigenvalue weighted by molar-refractivity contribution is 9.10. The van der Waals surface area contributed by atoms with Gasteiger partial charge in [0.15, 0.2) is 0 Å². The minimum Gasteiger partial charge on any atom is -0.354 e. The Morgan fingerprint density at radius 1 is 1.21 bits per heavy atom. The molecule has 126 valence electrons. The lowest BCUT2D eigenvalue weighted by molar-refractivity contribution is -0.120. The molecule has 1 fully saturated rings. The average molecular weight is 390 g/mol. The Morgan fingerprint density at radius 3 is 2.71 bits per heavy atom. The predicted molar refractivity (Wildman–Crippen MR) is 96.5 cm³/mol. The van der Waals surface area contributed by atoms with E-state index in [9.17, 15) is 9.59 Å². The van der Waals surface area contributed by atoms with Gasteiger partial charge in [-0.05, 0) is 48.0 Å². The molecule has 3 rings (SSSR count).